The van der Waals surface area contributed by atoms with E-state index in [0.717, 1.165) is 50.0 Å². The molecule has 6 nitrogen and oxygen atoms in total. The first-order valence-corrected chi connectivity index (χ1v) is 10.3. The van der Waals surface area contributed by atoms with Crippen molar-refractivity contribution in [2.45, 2.75) is 40.3 Å². The van der Waals surface area contributed by atoms with E-state index in [0.29, 0.717) is 0 Å². The highest BCUT2D eigenvalue weighted by atomic mass is 32.1. The molecule has 0 spiro atoms. The van der Waals surface area contributed by atoms with Crippen molar-refractivity contribution in [3.05, 3.63) is 64.6 Å². The number of esters is 1. The maximum atomic E-state index is 12.4. The monoisotopic (exact) mass is 406 g/mol. The van der Waals surface area contributed by atoms with Crippen LogP contribution in [0.15, 0.2) is 42.9 Å². The molecule has 0 N–H and O–H groups in total. The number of aromatic nitrogens is 4. The zero-order valence-corrected chi connectivity index (χ0v) is 17.5. The molecule has 0 fully saturated rings. The van der Waals surface area contributed by atoms with E-state index in [2.05, 4.69) is 26.4 Å². The number of carbonyl (C=O) groups excluding carboxylic acids is 1. The largest absolute Gasteiger partial charge is 0.461 e. The Kier molecular flexibility index (Phi) is 5.40. The standard InChI is InChI=1S/C22H22N4O2S/c1-4-26-13-24-17-10-16(7-8-18(17)26)12-28-20(27)11-19-15(3)25-22(29-19)21-14(2)6-5-9-23-21/h5-10,13H,4,11-12H2,1-3H3. The van der Waals surface area contributed by atoms with Gasteiger partial charge in [0, 0.05) is 17.6 Å². The predicted octanol–water partition coefficient (Wildman–Crippen LogP) is 4.48. The summed E-state index contributed by atoms with van der Waals surface area (Å²) in [7, 11) is 0. The van der Waals surface area contributed by atoms with Gasteiger partial charge in [0.05, 0.1) is 29.5 Å². The molecule has 3 aromatic heterocycles. The SMILES string of the molecule is CCn1cnc2cc(COC(=O)Cc3sc(-c4ncccc4C)nc3C)ccc21. The highest BCUT2D eigenvalue weighted by Crippen LogP contribution is 2.29. The molecule has 0 unspecified atom stereocenters. The van der Waals surface area contributed by atoms with Crippen LogP contribution in [0.2, 0.25) is 0 Å². The molecule has 0 radical (unpaired) electrons. The Hall–Kier alpha value is -3.06. The highest BCUT2D eigenvalue weighted by molar-refractivity contribution is 7.15. The minimum Gasteiger partial charge on any atom is -0.461 e. The van der Waals surface area contributed by atoms with Gasteiger partial charge in [0.25, 0.3) is 0 Å². The van der Waals surface area contributed by atoms with E-state index >= 15 is 0 Å². The van der Waals surface area contributed by atoms with Crippen LogP contribution < -0.4 is 0 Å². The number of thiazole rings is 1. The molecule has 7 heteroatoms. The smallest absolute Gasteiger partial charge is 0.311 e. The van der Waals surface area contributed by atoms with Gasteiger partial charge in [-0.15, -0.1) is 11.3 Å². The van der Waals surface area contributed by atoms with E-state index in [1.807, 2.05) is 50.5 Å². The number of pyridine rings is 1. The lowest BCUT2D eigenvalue weighted by Crippen LogP contribution is -2.07. The second-order valence-electron chi connectivity index (χ2n) is 6.89. The summed E-state index contributed by atoms with van der Waals surface area (Å²) in [6.07, 6.45) is 3.80. The van der Waals surface area contributed by atoms with Crippen molar-refractivity contribution in [2.75, 3.05) is 0 Å². The van der Waals surface area contributed by atoms with Gasteiger partial charge >= 0.3 is 5.97 Å². The van der Waals surface area contributed by atoms with Crippen LogP contribution in [0, 0.1) is 13.8 Å². The molecule has 0 saturated carbocycles. The second-order valence-corrected chi connectivity index (χ2v) is 7.97. The van der Waals surface area contributed by atoms with E-state index in [9.17, 15) is 4.79 Å². The first-order chi connectivity index (χ1) is 14.0. The Labute approximate surface area is 173 Å². The fourth-order valence-electron chi connectivity index (χ4n) is 3.20. The topological polar surface area (TPSA) is 69.9 Å². The third-order valence-electron chi connectivity index (χ3n) is 4.84. The minimum absolute atomic E-state index is 0.210. The summed E-state index contributed by atoms with van der Waals surface area (Å²) in [6.45, 7) is 7.11. The zero-order valence-electron chi connectivity index (χ0n) is 16.7. The maximum Gasteiger partial charge on any atom is 0.311 e. The minimum atomic E-state index is -0.264. The van der Waals surface area contributed by atoms with Crippen LogP contribution in [-0.4, -0.2) is 25.5 Å². The van der Waals surface area contributed by atoms with Crippen molar-refractivity contribution in [1.29, 1.82) is 0 Å². The Balaban J connectivity index is 1.42. The average molecular weight is 407 g/mol. The number of imidazole rings is 1. The van der Waals surface area contributed by atoms with Crippen molar-refractivity contribution < 1.29 is 9.53 Å². The first-order valence-electron chi connectivity index (χ1n) is 9.53. The fourth-order valence-corrected chi connectivity index (χ4v) is 4.31. The van der Waals surface area contributed by atoms with Gasteiger partial charge in [0.1, 0.15) is 17.3 Å². The van der Waals surface area contributed by atoms with Gasteiger partial charge in [0.15, 0.2) is 0 Å². The molecule has 4 rings (SSSR count). The first kappa shape index (κ1) is 19.3. The quantitative estimate of drug-likeness (QED) is 0.442. The second kappa shape index (κ2) is 8.13. The summed E-state index contributed by atoms with van der Waals surface area (Å²) >= 11 is 1.50. The van der Waals surface area contributed by atoms with E-state index in [4.69, 9.17) is 4.74 Å². The van der Waals surface area contributed by atoms with Gasteiger partial charge in [-0.1, -0.05) is 12.1 Å². The van der Waals surface area contributed by atoms with Crippen molar-refractivity contribution in [3.8, 4) is 10.7 Å². The van der Waals surface area contributed by atoms with E-state index in [-0.39, 0.29) is 19.0 Å². The molecule has 0 aliphatic rings. The number of ether oxygens (including phenoxy) is 1. The summed E-state index contributed by atoms with van der Waals surface area (Å²) in [4.78, 5) is 26.7. The van der Waals surface area contributed by atoms with Crippen LogP contribution in [0.25, 0.3) is 21.7 Å². The van der Waals surface area contributed by atoms with Gasteiger partial charge in [-0.05, 0) is 50.1 Å². The Morgan fingerprint density at radius 1 is 1.21 bits per heavy atom. The molecule has 0 bridgehead atoms. The molecule has 1 aromatic carbocycles. The molecule has 29 heavy (non-hydrogen) atoms. The van der Waals surface area contributed by atoms with Crippen molar-refractivity contribution >= 4 is 28.3 Å². The van der Waals surface area contributed by atoms with Crippen molar-refractivity contribution in [3.63, 3.8) is 0 Å². The number of hydrogen-bond acceptors (Lipinski definition) is 6. The van der Waals surface area contributed by atoms with Gasteiger partial charge < -0.3 is 9.30 Å². The van der Waals surface area contributed by atoms with E-state index < -0.39 is 0 Å². The molecule has 0 atom stereocenters. The molecule has 3 heterocycles. The number of benzene rings is 1. The molecular weight excluding hydrogens is 384 g/mol. The third kappa shape index (κ3) is 4.05. The summed E-state index contributed by atoms with van der Waals surface area (Å²) < 4.78 is 7.58. The lowest BCUT2D eigenvalue weighted by atomic mass is 10.2. The number of hydrogen-bond donors (Lipinski definition) is 0. The molecule has 0 saturated heterocycles. The van der Waals surface area contributed by atoms with Crippen LogP contribution in [0.5, 0.6) is 0 Å². The maximum absolute atomic E-state index is 12.4. The summed E-state index contributed by atoms with van der Waals surface area (Å²) in [6, 6.07) is 9.87. The summed E-state index contributed by atoms with van der Waals surface area (Å²) in [5, 5.41) is 0.834. The van der Waals surface area contributed by atoms with Crippen LogP contribution >= 0.6 is 11.3 Å². The zero-order chi connectivity index (χ0) is 20.4. The number of nitrogens with zero attached hydrogens (tertiary/aromatic N) is 4. The number of rotatable bonds is 6. The van der Waals surface area contributed by atoms with Gasteiger partial charge in [-0.25, -0.2) is 9.97 Å². The van der Waals surface area contributed by atoms with Crippen LogP contribution in [0.3, 0.4) is 0 Å². The number of fused-ring (bicyclic) bond motifs is 1. The predicted molar refractivity (Wildman–Crippen MR) is 114 cm³/mol. The molecular formula is C22H22N4O2S. The Morgan fingerprint density at radius 3 is 2.86 bits per heavy atom. The molecule has 0 aliphatic carbocycles. The molecule has 0 amide bonds. The molecule has 148 valence electrons. The normalized spacial score (nSPS) is 11.1. The fraction of sp³-hybridized carbons (Fsp3) is 0.273. The number of aryl methyl sites for hydroxylation is 3. The highest BCUT2D eigenvalue weighted by Gasteiger charge is 2.16. The van der Waals surface area contributed by atoms with Gasteiger partial charge in [-0.2, -0.15) is 0 Å². The third-order valence-corrected chi connectivity index (χ3v) is 6.00. The Bertz CT molecular complexity index is 1180. The molecule has 0 aliphatic heterocycles. The van der Waals surface area contributed by atoms with E-state index in [1.54, 1.807) is 6.20 Å². The average Bonchev–Trinajstić information content (AvgIpc) is 3.29. The lowest BCUT2D eigenvalue weighted by molar-refractivity contribution is -0.144. The van der Waals surface area contributed by atoms with Crippen LogP contribution in [0.4, 0.5) is 0 Å². The van der Waals surface area contributed by atoms with Crippen molar-refractivity contribution in [2.24, 2.45) is 0 Å². The van der Waals surface area contributed by atoms with Crippen LogP contribution in [0.1, 0.15) is 28.6 Å². The lowest BCUT2D eigenvalue weighted by Gasteiger charge is -2.05. The van der Waals surface area contributed by atoms with Gasteiger partial charge in [0.2, 0.25) is 0 Å². The van der Waals surface area contributed by atoms with Gasteiger partial charge in [-0.3, -0.25) is 9.78 Å². The summed E-state index contributed by atoms with van der Waals surface area (Å²) in [5.41, 5.74) is 5.70. The van der Waals surface area contributed by atoms with Crippen LogP contribution in [-0.2, 0) is 29.1 Å². The van der Waals surface area contributed by atoms with E-state index in [1.165, 1.54) is 11.3 Å². The Morgan fingerprint density at radius 2 is 2.07 bits per heavy atom. The molecule has 4 aromatic rings. The number of carbonyl (C=O) groups is 1. The summed E-state index contributed by atoms with van der Waals surface area (Å²) in [5.74, 6) is -0.264. The van der Waals surface area contributed by atoms with Crippen molar-refractivity contribution in [1.82, 2.24) is 19.5 Å².